The first kappa shape index (κ1) is 102. The highest BCUT2D eigenvalue weighted by Crippen LogP contribution is 2.45. The molecular weight excluding hydrogens is 1380 g/mol. The van der Waals surface area contributed by atoms with Gasteiger partial charge in [-0.3, -0.25) is 37.3 Å². The Kier molecular flexibility index (Phi) is 77.0. The summed E-state index contributed by atoms with van der Waals surface area (Å²) in [4.78, 5) is 73.2. The lowest BCUT2D eigenvalue weighted by atomic mass is 10.0. The average Bonchev–Trinajstić information content (AvgIpc) is 0.901. The van der Waals surface area contributed by atoms with E-state index in [-0.39, 0.29) is 25.7 Å². The first-order valence-electron chi connectivity index (χ1n) is 43.2. The number of aliphatic hydroxyl groups is 1. The van der Waals surface area contributed by atoms with E-state index in [0.29, 0.717) is 32.1 Å². The second kappa shape index (κ2) is 79.6. The lowest BCUT2D eigenvalue weighted by Gasteiger charge is -2.21. The minimum absolute atomic E-state index is 0.0699. The van der Waals surface area contributed by atoms with Crippen LogP contribution in [0.2, 0.25) is 0 Å². The number of hydrogen-bond donors (Lipinski definition) is 3. The SMILES string of the molecule is CCCCC/C=C\C/C=C\C/C=C\C/C=C\CCCC(=O)OC[C@H](COP(=O)(O)OC[C@@H](O)COP(=O)(O)OC[C@@H](COC(=O)CCCCCCCCCCCCCCCCCCC)OC(=O)CCCCCCCCCCCCCCCCCCC)OC(=O)CCCCCCC/C=C\C/C=C\CCCCC. The summed E-state index contributed by atoms with van der Waals surface area (Å²) in [6.07, 6.45) is 83.0. The minimum atomic E-state index is -4.99. The van der Waals surface area contributed by atoms with Crippen molar-refractivity contribution in [1.29, 1.82) is 0 Å². The number of carbonyl (C=O) groups is 4. The van der Waals surface area contributed by atoms with E-state index in [9.17, 15) is 43.2 Å². The van der Waals surface area contributed by atoms with Crippen molar-refractivity contribution in [1.82, 2.24) is 0 Å². The van der Waals surface area contributed by atoms with Crippen LogP contribution in [0.15, 0.2) is 72.9 Å². The van der Waals surface area contributed by atoms with Crippen LogP contribution in [0.3, 0.4) is 0 Å². The maximum Gasteiger partial charge on any atom is 0.472 e. The quantitative estimate of drug-likeness (QED) is 0.0169. The number of phosphoric acid groups is 2. The molecule has 0 aliphatic heterocycles. The summed E-state index contributed by atoms with van der Waals surface area (Å²) in [6, 6.07) is 0. The molecule has 106 heavy (non-hydrogen) atoms. The second-order valence-corrected chi connectivity index (χ2v) is 32.0. The molecule has 0 aromatic carbocycles. The molecule has 2 unspecified atom stereocenters. The van der Waals surface area contributed by atoms with E-state index in [4.69, 9.17) is 37.0 Å². The number of esters is 4. The third-order valence-corrected chi connectivity index (χ3v) is 20.6. The number of aliphatic hydroxyl groups excluding tert-OH is 1. The molecule has 0 aromatic rings. The van der Waals surface area contributed by atoms with E-state index >= 15 is 0 Å². The number of allylic oxidation sites excluding steroid dienone is 12. The molecule has 0 aliphatic rings. The van der Waals surface area contributed by atoms with Crippen molar-refractivity contribution in [2.75, 3.05) is 39.6 Å². The van der Waals surface area contributed by atoms with Crippen LogP contribution in [0.25, 0.3) is 0 Å². The van der Waals surface area contributed by atoms with E-state index in [1.165, 1.54) is 199 Å². The molecular formula is C87H158O17P2. The van der Waals surface area contributed by atoms with Crippen LogP contribution in [0.1, 0.15) is 400 Å². The molecule has 0 spiro atoms. The van der Waals surface area contributed by atoms with E-state index in [2.05, 4.69) is 88.5 Å². The highest BCUT2D eigenvalue weighted by Gasteiger charge is 2.30. The predicted octanol–water partition coefficient (Wildman–Crippen LogP) is 25.6. The lowest BCUT2D eigenvalue weighted by Crippen LogP contribution is -2.30. The van der Waals surface area contributed by atoms with Gasteiger partial charge in [0.05, 0.1) is 26.4 Å². The summed E-state index contributed by atoms with van der Waals surface area (Å²) in [5, 5.41) is 10.7. The van der Waals surface area contributed by atoms with Gasteiger partial charge in [-0.2, -0.15) is 0 Å². The first-order chi connectivity index (χ1) is 51.7. The Labute approximate surface area is 647 Å². The molecule has 0 heterocycles. The Bertz CT molecular complexity index is 2280. The number of unbranched alkanes of at least 4 members (excludes halogenated alkanes) is 44. The van der Waals surface area contributed by atoms with Gasteiger partial charge in [-0.05, 0) is 96.3 Å². The molecule has 5 atom stereocenters. The standard InChI is InChI=1S/C87H158O17P2/c1-5-9-13-17-21-25-29-33-37-40-44-47-51-55-59-63-67-71-84(89)97-77-82(103-86(91)73-69-65-61-57-53-49-43-36-32-28-24-20-16-12-8-4)79-101-105(93,94)99-75-81(88)76-100-106(95,96)102-80-83(104-87(92)74-70-66-62-58-54-50-46-42-39-35-31-27-23-19-15-11-7-3)78-98-85(90)72-68-64-60-56-52-48-45-41-38-34-30-26-22-18-14-10-6-2/h21,24-25,28,33,36-37,43-44,47,55,59,81-83,88H,5-20,22-23,26-27,29-32,34-35,38-42,45-46,48-54,56-58,60-80H2,1-4H3,(H,93,94)(H,95,96)/b25-21-,28-24-,37-33-,43-36-,47-44-,59-55-/t81-,82-,83-/m1/s1. The van der Waals surface area contributed by atoms with Gasteiger partial charge in [0.15, 0.2) is 12.2 Å². The normalized spacial score (nSPS) is 14.1. The van der Waals surface area contributed by atoms with Crippen LogP contribution in [0.5, 0.6) is 0 Å². The van der Waals surface area contributed by atoms with E-state index in [1.807, 2.05) is 12.2 Å². The molecule has 3 N–H and O–H groups in total. The summed E-state index contributed by atoms with van der Waals surface area (Å²) in [5.74, 6) is -2.22. The summed E-state index contributed by atoms with van der Waals surface area (Å²) < 4.78 is 68.8. The van der Waals surface area contributed by atoms with Gasteiger partial charge in [0.1, 0.15) is 19.3 Å². The molecule has 19 heteroatoms. The van der Waals surface area contributed by atoms with Crippen LogP contribution in [-0.4, -0.2) is 96.7 Å². The fourth-order valence-corrected chi connectivity index (χ4v) is 13.6. The molecule has 0 aromatic heterocycles. The molecule has 17 nitrogen and oxygen atoms in total. The smallest absolute Gasteiger partial charge is 0.462 e. The Balaban J connectivity index is 5.38. The topological polar surface area (TPSA) is 237 Å². The molecule has 0 saturated carbocycles. The molecule has 0 bridgehead atoms. The van der Waals surface area contributed by atoms with Crippen molar-refractivity contribution in [3.05, 3.63) is 72.9 Å². The molecule has 0 saturated heterocycles. The fourth-order valence-electron chi connectivity index (χ4n) is 12.1. The van der Waals surface area contributed by atoms with Gasteiger partial charge < -0.3 is 33.8 Å². The van der Waals surface area contributed by atoms with Crippen molar-refractivity contribution in [3.63, 3.8) is 0 Å². The van der Waals surface area contributed by atoms with Gasteiger partial charge in [-0.1, -0.05) is 351 Å². The first-order valence-corrected chi connectivity index (χ1v) is 46.2. The van der Waals surface area contributed by atoms with Gasteiger partial charge in [0.2, 0.25) is 0 Å². The van der Waals surface area contributed by atoms with Crippen LogP contribution < -0.4 is 0 Å². The van der Waals surface area contributed by atoms with Gasteiger partial charge in [0, 0.05) is 25.7 Å². The van der Waals surface area contributed by atoms with Gasteiger partial charge in [-0.15, -0.1) is 0 Å². The van der Waals surface area contributed by atoms with Gasteiger partial charge in [-0.25, -0.2) is 9.13 Å². The van der Waals surface area contributed by atoms with E-state index in [0.717, 1.165) is 116 Å². The second-order valence-electron chi connectivity index (χ2n) is 29.1. The van der Waals surface area contributed by atoms with Crippen molar-refractivity contribution in [3.8, 4) is 0 Å². The van der Waals surface area contributed by atoms with Crippen molar-refractivity contribution < 1.29 is 80.2 Å². The maximum absolute atomic E-state index is 13.1. The number of hydrogen-bond acceptors (Lipinski definition) is 15. The molecule has 0 amide bonds. The highest BCUT2D eigenvalue weighted by molar-refractivity contribution is 7.47. The van der Waals surface area contributed by atoms with Crippen LogP contribution in [-0.2, 0) is 65.4 Å². The minimum Gasteiger partial charge on any atom is -0.462 e. The number of rotatable bonds is 82. The third kappa shape index (κ3) is 78.6. The number of ether oxygens (including phenoxy) is 4. The fraction of sp³-hybridized carbons (Fsp3) is 0.816. The molecule has 0 radical (unpaired) electrons. The van der Waals surface area contributed by atoms with Crippen LogP contribution >= 0.6 is 15.6 Å². The average molecular weight is 1540 g/mol. The summed E-state index contributed by atoms with van der Waals surface area (Å²) in [5.41, 5.74) is 0. The number of phosphoric ester groups is 2. The third-order valence-electron chi connectivity index (χ3n) is 18.7. The zero-order chi connectivity index (χ0) is 77.4. The lowest BCUT2D eigenvalue weighted by molar-refractivity contribution is -0.161. The van der Waals surface area contributed by atoms with Gasteiger partial charge >= 0.3 is 39.5 Å². The van der Waals surface area contributed by atoms with Crippen molar-refractivity contribution in [2.45, 2.75) is 418 Å². The predicted molar refractivity (Wildman–Crippen MR) is 436 cm³/mol. The van der Waals surface area contributed by atoms with Crippen molar-refractivity contribution >= 4 is 39.5 Å². The summed E-state index contributed by atoms with van der Waals surface area (Å²) in [6.45, 7) is 4.85. The van der Waals surface area contributed by atoms with Gasteiger partial charge in [0.25, 0.3) is 0 Å². The van der Waals surface area contributed by atoms with Crippen LogP contribution in [0, 0.1) is 0 Å². The monoisotopic (exact) mass is 1540 g/mol. The Morgan fingerprint density at radius 3 is 0.764 bits per heavy atom. The molecule has 0 rings (SSSR count). The molecule has 618 valence electrons. The van der Waals surface area contributed by atoms with Crippen molar-refractivity contribution in [2.24, 2.45) is 0 Å². The zero-order valence-electron chi connectivity index (χ0n) is 67.9. The maximum atomic E-state index is 13.1. The molecule has 0 aliphatic carbocycles. The summed E-state index contributed by atoms with van der Waals surface area (Å²) in [7, 11) is -9.97. The number of carbonyl (C=O) groups excluding carboxylic acids is 4. The zero-order valence-corrected chi connectivity index (χ0v) is 69.7. The Morgan fingerprint density at radius 2 is 0.472 bits per heavy atom. The summed E-state index contributed by atoms with van der Waals surface area (Å²) >= 11 is 0. The van der Waals surface area contributed by atoms with Crippen LogP contribution in [0.4, 0.5) is 0 Å². The van der Waals surface area contributed by atoms with E-state index in [1.54, 1.807) is 0 Å². The Hall–Kier alpha value is -3.50. The van der Waals surface area contributed by atoms with E-state index < -0.39 is 97.5 Å². The molecule has 0 fully saturated rings. The highest BCUT2D eigenvalue weighted by atomic mass is 31.2. The Morgan fingerprint density at radius 1 is 0.264 bits per heavy atom. The largest absolute Gasteiger partial charge is 0.472 e.